The third-order valence-electron chi connectivity index (χ3n) is 5.78. The van der Waals surface area contributed by atoms with E-state index in [0.717, 1.165) is 35.5 Å². The van der Waals surface area contributed by atoms with Crippen LogP contribution in [0.15, 0.2) is 0 Å². The van der Waals surface area contributed by atoms with E-state index in [-0.39, 0.29) is 0 Å². The number of fused-ring (bicyclic) bond motifs is 1. The maximum Gasteiger partial charge on any atom is -0.0324 e. The van der Waals surface area contributed by atoms with Gasteiger partial charge in [0.05, 0.1) is 0 Å². The zero-order chi connectivity index (χ0) is 11.0. The van der Waals surface area contributed by atoms with Gasteiger partial charge in [-0.2, -0.15) is 0 Å². The summed E-state index contributed by atoms with van der Waals surface area (Å²) in [6.07, 6.45) is 7.31. The fraction of sp³-hybridized carbons (Fsp3) is 1.00. The molecule has 2 fully saturated rings. The summed E-state index contributed by atoms with van der Waals surface area (Å²) in [5.74, 6) is 6.47. The van der Waals surface area contributed by atoms with Gasteiger partial charge in [-0.25, -0.2) is 0 Å². The Kier molecular flexibility index (Phi) is 3.42. The summed E-state index contributed by atoms with van der Waals surface area (Å²) in [5.41, 5.74) is 0. The molecule has 0 bridgehead atoms. The van der Waals surface area contributed by atoms with Crippen molar-refractivity contribution in [3.8, 4) is 0 Å². The summed E-state index contributed by atoms with van der Waals surface area (Å²) in [6, 6.07) is 0. The van der Waals surface area contributed by atoms with Crippen molar-refractivity contribution in [2.45, 2.75) is 59.8 Å². The maximum atomic E-state index is 2.52. The molecule has 0 saturated heterocycles. The Bertz CT molecular complexity index is 198. The van der Waals surface area contributed by atoms with Crippen LogP contribution in [0.2, 0.25) is 0 Å². The van der Waals surface area contributed by atoms with Crippen LogP contribution in [0.25, 0.3) is 0 Å². The summed E-state index contributed by atoms with van der Waals surface area (Å²) in [6.45, 7) is 9.72. The van der Waals surface area contributed by atoms with Crippen molar-refractivity contribution in [2.75, 3.05) is 0 Å². The molecule has 5 atom stereocenters. The molecule has 2 rings (SSSR count). The predicted molar refractivity (Wildman–Crippen MR) is 66.7 cm³/mol. The van der Waals surface area contributed by atoms with E-state index < -0.39 is 0 Å². The van der Waals surface area contributed by atoms with Crippen molar-refractivity contribution < 1.29 is 0 Å². The Morgan fingerprint density at radius 3 is 1.87 bits per heavy atom. The summed E-state index contributed by atoms with van der Waals surface area (Å²) in [4.78, 5) is 0. The molecule has 0 heteroatoms. The fourth-order valence-electron chi connectivity index (χ4n) is 4.73. The average Bonchev–Trinajstić information content (AvgIpc) is 2.21. The van der Waals surface area contributed by atoms with Crippen molar-refractivity contribution >= 4 is 0 Å². The van der Waals surface area contributed by atoms with Gasteiger partial charge in [-0.15, -0.1) is 0 Å². The lowest BCUT2D eigenvalue weighted by Crippen LogP contribution is -2.55. The first-order chi connectivity index (χ1) is 7.24. The second-order valence-corrected chi connectivity index (χ2v) is 5.99. The van der Waals surface area contributed by atoms with Gasteiger partial charge in [-0.05, 0) is 48.3 Å². The summed E-state index contributed by atoms with van der Waals surface area (Å²) < 4.78 is 0. The Morgan fingerprint density at radius 2 is 1.53 bits per heavy atom. The lowest BCUT2D eigenvalue weighted by Gasteiger charge is -2.62. The summed E-state index contributed by atoms with van der Waals surface area (Å²) in [7, 11) is 0. The van der Waals surface area contributed by atoms with E-state index in [2.05, 4.69) is 27.7 Å². The fourth-order valence-corrected chi connectivity index (χ4v) is 4.73. The van der Waals surface area contributed by atoms with Crippen LogP contribution in [0.4, 0.5) is 0 Å². The zero-order valence-electron chi connectivity index (χ0n) is 11.0. The molecule has 0 aromatic rings. The van der Waals surface area contributed by atoms with E-state index in [1.54, 1.807) is 12.8 Å². The normalized spacial score (nSPS) is 40.6. The van der Waals surface area contributed by atoms with E-state index in [0.29, 0.717) is 0 Å². The Labute approximate surface area is 95.8 Å². The molecule has 2 aliphatic rings. The molecule has 2 aliphatic carbocycles. The standard InChI is InChI=1S/C15H28/c1-5-11(6-2)12(7-3)15-10(4)13-8-9-14(13)15/h10-15H,5-9H2,1-4H3. The van der Waals surface area contributed by atoms with Gasteiger partial charge >= 0.3 is 0 Å². The minimum absolute atomic E-state index is 1.00. The van der Waals surface area contributed by atoms with Crippen molar-refractivity contribution in [3.05, 3.63) is 0 Å². The van der Waals surface area contributed by atoms with Gasteiger partial charge < -0.3 is 0 Å². The van der Waals surface area contributed by atoms with E-state index in [1.165, 1.54) is 19.3 Å². The molecule has 0 nitrogen and oxygen atoms in total. The highest BCUT2D eigenvalue weighted by Crippen LogP contribution is 2.62. The smallest absolute Gasteiger partial charge is 0.0324 e. The van der Waals surface area contributed by atoms with E-state index in [4.69, 9.17) is 0 Å². The topological polar surface area (TPSA) is 0 Å². The average molecular weight is 208 g/mol. The third kappa shape index (κ3) is 1.65. The Balaban J connectivity index is 2.00. The van der Waals surface area contributed by atoms with Crippen LogP contribution in [0.5, 0.6) is 0 Å². The SMILES string of the molecule is CCC(CC)C(CC)C1C(C)C2CCC21. The lowest BCUT2D eigenvalue weighted by atomic mass is 9.43. The van der Waals surface area contributed by atoms with Gasteiger partial charge in [0.25, 0.3) is 0 Å². The van der Waals surface area contributed by atoms with Crippen LogP contribution >= 0.6 is 0 Å². The highest BCUT2D eigenvalue weighted by molar-refractivity contribution is 5.04. The van der Waals surface area contributed by atoms with Crippen LogP contribution in [-0.4, -0.2) is 0 Å². The van der Waals surface area contributed by atoms with Gasteiger partial charge in [0.15, 0.2) is 0 Å². The van der Waals surface area contributed by atoms with E-state index in [1.807, 2.05) is 0 Å². The maximum absolute atomic E-state index is 2.52. The largest absolute Gasteiger partial charge is 0.0651 e. The molecule has 5 unspecified atom stereocenters. The summed E-state index contributed by atoms with van der Waals surface area (Å²) in [5, 5.41) is 0. The molecule has 0 aromatic carbocycles. The molecular weight excluding hydrogens is 180 g/mol. The minimum Gasteiger partial charge on any atom is -0.0651 e. The minimum atomic E-state index is 1.00. The first-order valence-corrected chi connectivity index (χ1v) is 7.24. The van der Waals surface area contributed by atoms with E-state index >= 15 is 0 Å². The van der Waals surface area contributed by atoms with Crippen LogP contribution < -0.4 is 0 Å². The second kappa shape index (κ2) is 4.47. The predicted octanol–water partition coefficient (Wildman–Crippen LogP) is 4.74. The highest BCUT2D eigenvalue weighted by Gasteiger charge is 2.55. The molecule has 88 valence electrons. The van der Waals surface area contributed by atoms with Crippen molar-refractivity contribution in [1.82, 2.24) is 0 Å². The molecule has 0 aromatic heterocycles. The first-order valence-electron chi connectivity index (χ1n) is 7.24. The number of hydrogen-bond donors (Lipinski definition) is 0. The Hall–Kier alpha value is 0. The van der Waals surface area contributed by atoms with Gasteiger partial charge in [0, 0.05) is 0 Å². The van der Waals surface area contributed by atoms with Gasteiger partial charge in [-0.1, -0.05) is 47.0 Å². The van der Waals surface area contributed by atoms with Gasteiger partial charge in [0.1, 0.15) is 0 Å². The lowest BCUT2D eigenvalue weighted by molar-refractivity contribution is -0.133. The molecule has 0 radical (unpaired) electrons. The summed E-state index contributed by atoms with van der Waals surface area (Å²) >= 11 is 0. The molecule has 0 heterocycles. The van der Waals surface area contributed by atoms with Crippen molar-refractivity contribution in [3.63, 3.8) is 0 Å². The first kappa shape index (κ1) is 11.5. The van der Waals surface area contributed by atoms with Gasteiger partial charge in [0.2, 0.25) is 0 Å². The molecule has 0 amide bonds. The van der Waals surface area contributed by atoms with Gasteiger partial charge in [-0.3, -0.25) is 0 Å². The monoisotopic (exact) mass is 208 g/mol. The quantitative estimate of drug-likeness (QED) is 0.612. The molecule has 0 N–H and O–H groups in total. The third-order valence-corrected chi connectivity index (χ3v) is 5.78. The number of hydrogen-bond acceptors (Lipinski definition) is 0. The molecule has 2 saturated carbocycles. The van der Waals surface area contributed by atoms with Crippen molar-refractivity contribution in [1.29, 1.82) is 0 Å². The molecule has 15 heavy (non-hydrogen) atoms. The molecular formula is C15H28. The zero-order valence-corrected chi connectivity index (χ0v) is 11.0. The highest BCUT2D eigenvalue weighted by atomic mass is 14.6. The molecule has 0 spiro atoms. The second-order valence-electron chi connectivity index (χ2n) is 5.99. The Morgan fingerprint density at radius 1 is 0.933 bits per heavy atom. The number of rotatable bonds is 5. The van der Waals surface area contributed by atoms with Crippen molar-refractivity contribution in [2.24, 2.45) is 35.5 Å². The van der Waals surface area contributed by atoms with Crippen LogP contribution in [0, 0.1) is 35.5 Å². The molecule has 0 aliphatic heterocycles. The van der Waals surface area contributed by atoms with E-state index in [9.17, 15) is 0 Å². The van der Waals surface area contributed by atoms with Crippen LogP contribution in [-0.2, 0) is 0 Å². The van der Waals surface area contributed by atoms with Crippen LogP contribution in [0.3, 0.4) is 0 Å². The van der Waals surface area contributed by atoms with Crippen LogP contribution in [0.1, 0.15) is 59.8 Å².